The van der Waals surface area contributed by atoms with Gasteiger partial charge < -0.3 is 14.3 Å². The summed E-state index contributed by atoms with van der Waals surface area (Å²) in [6, 6.07) is 16.1. The second-order valence-corrected chi connectivity index (χ2v) is 10.1. The van der Waals surface area contributed by atoms with Crippen molar-refractivity contribution in [3.05, 3.63) is 66.5 Å². The first-order valence-electron chi connectivity index (χ1n) is 10.9. The number of fused-ring (bicyclic) bond motifs is 1. The van der Waals surface area contributed by atoms with Gasteiger partial charge in [-0.2, -0.15) is 4.31 Å². The summed E-state index contributed by atoms with van der Waals surface area (Å²) < 4.78 is 34.7. The number of rotatable bonds is 5. The van der Waals surface area contributed by atoms with Gasteiger partial charge in [-0.05, 0) is 55.3 Å². The number of aromatic nitrogens is 2. The number of para-hydroxylation sites is 2. The summed E-state index contributed by atoms with van der Waals surface area (Å²) in [5.74, 6) is 0.122. The zero-order valence-electron chi connectivity index (χ0n) is 18.2. The lowest BCUT2D eigenvalue weighted by atomic mass is 10.2. The maximum atomic E-state index is 12.9. The molecule has 0 unspecified atom stereocenters. The molecular weight excluding hydrogens is 440 g/mol. The minimum absolute atomic E-state index is 0.142. The second kappa shape index (κ2) is 8.49. The molecule has 0 radical (unpaired) electrons. The fraction of sp³-hybridized carbons (Fsp3) is 0.250. The Morgan fingerprint density at radius 2 is 1.76 bits per heavy atom. The van der Waals surface area contributed by atoms with Crippen LogP contribution in [0.25, 0.3) is 22.6 Å². The predicted molar refractivity (Wildman–Crippen MR) is 125 cm³/mol. The summed E-state index contributed by atoms with van der Waals surface area (Å²) in [7, 11) is -1.94. The highest BCUT2D eigenvalue weighted by molar-refractivity contribution is 7.89. The molecule has 8 nitrogen and oxygen atoms in total. The van der Waals surface area contributed by atoms with Crippen LogP contribution in [0.3, 0.4) is 0 Å². The fourth-order valence-electron chi connectivity index (χ4n) is 4.04. The van der Waals surface area contributed by atoms with Crippen LogP contribution in [0.2, 0.25) is 0 Å². The lowest BCUT2D eigenvalue weighted by Gasteiger charge is -2.25. The zero-order chi connectivity index (χ0) is 23.0. The molecule has 0 spiro atoms. The Morgan fingerprint density at radius 3 is 2.48 bits per heavy atom. The van der Waals surface area contributed by atoms with E-state index in [1.54, 1.807) is 23.7 Å². The van der Waals surface area contributed by atoms with E-state index in [9.17, 15) is 13.2 Å². The normalized spacial score (nSPS) is 15.1. The lowest BCUT2D eigenvalue weighted by Crippen LogP contribution is -2.35. The quantitative estimate of drug-likeness (QED) is 0.476. The van der Waals surface area contributed by atoms with E-state index in [4.69, 9.17) is 4.42 Å². The van der Waals surface area contributed by atoms with E-state index in [1.165, 1.54) is 16.6 Å². The third-order valence-corrected chi connectivity index (χ3v) is 7.71. The topological polar surface area (TPSA) is 97.4 Å². The van der Waals surface area contributed by atoms with E-state index in [2.05, 4.69) is 10.3 Å². The number of benzene rings is 2. The molecule has 1 amide bonds. The van der Waals surface area contributed by atoms with Gasteiger partial charge in [0.05, 0.1) is 0 Å². The smallest absolute Gasteiger partial charge is 0.272 e. The van der Waals surface area contributed by atoms with Gasteiger partial charge in [0.1, 0.15) is 16.1 Å². The Hall–Kier alpha value is -3.43. The molecule has 9 heteroatoms. The Kier molecular flexibility index (Phi) is 5.51. The number of anilines is 1. The van der Waals surface area contributed by atoms with E-state index >= 15 is 0 Å². The molecule has 1 aliphatic heterocycles. The standard InChI is InChI=1S/C24H24N4O4S/c1-27-16-19(33(30,31)28-13-5-2-6-14-28)15-21(27)23(29)25-18-11-9-17(10-12-18)24-26-20-7-3-4-8-22(20)32-24/h3-4,7-12,15-16H,2,5-6,13-14H2,1H3,(H,25,29). The third kappa shape index (κ3) is 4.17. The minimum atomic E-state index is -3.60. The number of sulfonamides is 1. The number of carbonyl (C=O) groups is 1. The number of hydrogen-bond donors (Lipinski definition) is 1. The van der Waals surface area contributed by atoms with E-state index in [1.807, 2.05) is 36.4 Å². The number of aryl methyl sites for hydroxylation is 1. The first-order chi connectivity index (χ1) is 15.9. The molecule has 1 fully saturated rings. The number of amides is 1. The highest BCUT2D eigenvalue weighted by Gasteiger charge is 2.28. The molecule has 0 atom stereocenters. The highest BCUT2D eigenvalue weighted by atomic mass is 32.2. The van der Waals surface area contributed by atoms with Crippen molar-refractivity contribution in [2.45, 2.75) is 24.2 Å². The minimum Gasteiger partial charge on any atom is -0.436 e. The maximum Gasteiger partial charge on any atom is 0.272 e. The Labute approximate surface area is 191 Å². The van der Waals surface area contributed by atoms with Crippen LogP contribution < -0.4 is 5.32 Å². The largest absolute Gasteiger partial charge is 0.436 e. The van der Waals surface area contributed by atoms with E-state index in [-0.39, 0.29) is 16.5 Å². The van der Waals surface area contributed by atoms with Crippen molar-refractivity contribution in [3.8, 4) is 11.5 Å². The number of oxazole rings is 1. The van der Waals surface area contributed by atoms with Gasteiger partial charge in [-0.25, -0.2) is 13.4 Å². The highest BCUT2D eigenvalue weighted by Crippen LogP contribution is 2.26. The van der Waals surface area contributed by atoms with Crippen molar-refractivity contribution < 1.29 is 17.6 Å². The molecule has 33 heavy (non-hydrogen) atoms. The Morgan fingerprint density at radius 1 is 1.03 bits per heavy atom. The van der Waals surface area contributed by atoms with Crippen molar-refractivity contribution >= 4 is 32.7 Å². The Bertz CT molecular complexity index is 1380. The Balaban J connectivity index is 1.32. The molecule has 1 aliphatic rings. The fourth-order valence-corrected chi connectivity index (χ4v) is 5.63. The van der Waals surface area contributed by atoms with Crippen LogP contribution in [0.15, 0.2) is 70.1 Å². The van der Waals surface area contributed by atoms with Crippen LogP contribution in [-0.4, -0.2) is 41.3 Å². The van der Waals surface area contributed by atoms with E-state index in [0.29, 0.717) is 30.3 Å². The van der Waals surface area contributed by atoms with Gasteiger partial charge in [0.2, 0.25) is 15.9 Å². The van der Waals surface area contributed by atoms with Gasteiger partial charge >= 0.3 is 0 Å². The lowest BCUT2D eigenvalue weighted by molar-refractivity contribution is 0.101. The first kappa shape index (κ1) is 21.4. The number of nitrogens with zero attached hydrogens (tertiary/aromatic N) is 3. The molecular formula is C24H24N4O4S. The molecule has 2 aromatic carbocycles. The molecule has 3 heterocycles. The van der Waals surface area contributed by atoms with Crippen molar-refractivity contribution in [1.29, 1.82) is 0 Å². The van der Waals surface area contributed by atoms with Gasteiger partial charge in [-0.3, -0.25) is 4.79 Å². The number of carbonyl (C=O) groups excluding carboxylic acids is 1. The number of hydrogen-bond acceptors (Lipinski definition) is 5. The second-order valence-electron chi connectivity index (χ2n) is 8.15. The van der Waals surface area contributed by atoms with Gasteiger partial charge in [-0.1, -0.05) is 18.6 Å². The van der Waals surface area contributed by atoms with Crippen LogP contribution in [0.5, 0.6) is 0 Å². The van der Waals surface area contributed by atoms with Crippen molar-refractivity contribution in [2.24, 2.45) is 7.05 Å². The SMILES string of the molecule is Cn1cc(S(=O)(=O)N2CCCCC2)cc1C(=O)Nc1ccc(-c2nc3ccccc3o2)cc1. The maximum absolute atomic E-state index is 12.9. The van der Waals surface area contributed by atoms with E-state index < -0.39 is 10.0 Å². The summed E-state index contributed by atoms with van der Waals surface area (Å²) in [5, 5.41) is 2.83. The van der Waals surface area contributed by atoms with Crippen molar-refractivity contribution in [3.63, 3.8) is 0 Å². The average molecular weight is 465 g/mol. The summed E-state index contributed by atoms with van der Waals surface area (Å²) in [6.45, 7) is 1.04. The summed E-state index contributed by atoms with van der Waals surface area (Å²) in [6.07, 6.45) is 4.26. The van der Waals surface area contributed by atoms with Crippen molar-refractivity contribution in [2.75, 3.05) is 18.4 Å². The van der Waals surface area contributed by atoms with Crippen LogP contribution in [0, 0.1) is 0 Å². The van der Waals surface area contributed by atoms with Crippen molar-refractivity contribution in [1.82, 2.24) is 13.9 Å². The summed E-state index contributed by atoms with van der Waals surface area (Å²) >= 11 is 0. The molecule has 1 N–H and O–H groups in total. The summed E-state index contributed by atoms with van der Waals surface area (Å²) in [4.78, 5) is 17.5. The monoisotopic (exact) mass is 464 g/mol. The molecule has 0 bridgehead atoms. The summed E-state index contributed by atoms with van der Waals surface area (Å²) in [5.41, 5.74) is 3.14. The van der Waals surface area contributed by atoms with Gasteiger partial charge in [0.15, 0.2) is 5.58 Å². The molecule has 0 aliphatic carbocycles. The molecule has 0 saturated carbocycles. The van der Waals surface area contributed by atoms with Gasteiger partial charge in [0.25, 0.3) is 5.91 Å². The van der Waals surface area contributed by atoms with Gasteiger partial charge in [0, 0.05) is 37.6 Å². The molecule has 4 aromatic rings. The molecule has 170 valence electrons. The van der Waals surface area contributed by atoms with Crippen LogP contribution in [0.1, 0.15) is 29.8 Å². The zero-order valence-corrected chi connectivity index (χ0v) is 19.0. The number of piperidine rings is 1. The van der Waals surface area contributed by atoms with Crippen LogP contribution in [0.4, 0.5) is 5.69 Å². The van der Waals surface area contributed by atoms with Crippen LogP contribution in [-0.2, 0) is 17.1 Å². The van der Waals surface area contributed by atoms with Gasteiger partial charge in [-0.15, -0.1) is 0 Å². The predicted octanol–water partition coefficient (Wildman–Crippen LogP) is 4.26. The van der Waals surface area contributed by atoms with Crippen LogP contribution >= 0.6 is 0 Å². The average Bonchev–Trinajstić information content (AvgIpc) is 3.44. The number of nitrogens with one attached hydrogen (secondary N) is 1. The first-order valence-corrected chi connectivity index (χ1v) is 12.3. The van der Waals surface area contributed by atoms with E-state index in [0.717, 1.165) is 30.3 Å². The molecule has 5 rings (SSSR count). The molecule has 2 aromatic heterocycles. The third-order valence-electron chi connectivity index (χ3n) is 5.85. The molecule has 1 saturated heterocycles.